The maximum Gasteiger partial charge on any atom is 0.307 e. The Morgan fingerprint density at radius 1 is 1.44 bits per heavy atom. The molecule has 0 fully saturated rings. The van der Waals surface area contributed by atoms with Crippen molar-refractivity contribution in [2.75, 3.05) is 13.7 Å². The van der Waals surface area contributed by atoms with E-state index < -0.39 is 5.97 Å². The predicted octanol–water partition coefficient (Wildman–Crippen LogP) is 1.45. The van der Waals surface area contributed by atoms with Crippen molar-refractivity contribution in [3.05, 3.63) is 38.9 Å². The molecule has 0 radical (unpaired) electrons. The Morgan fingerprint density at radius 2 is 2.11 bits per heavy atom. The second-order valence-electron chi connectivity index (χ2n) is 3.97. The third-order valence-electron chi connectivity index (χ3n) is 2.64. The van der Waals surface area contributed by atoms with Gasteiger partial charge in [-0.05, 0) is 24.1 Å². The van der Waals surface area contributed by atoms with Gasteiger partial charge < -0.3 is 9.84 Å². The van der Waals surface area contributed by atoms with Gasteiger partial charge in [-0.15, -0.1) is 0 Å². The summed E-state index contributed by atoms with van der Waals surface area (Å²) in [5.74, 6) is -0.480. The van der Waals surface area contributed by atoms with E-state index in [-0.39, 0.29) is 17.9 Å². The van der Waals surface area contributed by atoms with E-state index in [1.807, 2.05) is 0 Å². The minimum absolute atomic E-state index is 0.125. The molecule has 1 aromatic rings. The van der Waals surface area contributed by atoms with Gasteiger partial charge in [0.1, 0.15) is 5.75 Å². The zero-order valence-corrected chi connectivity index (χ0v) is 10.3. The molecule has 98 valence electrons. The zero-order chi connectivity index (χ0) is 13.7. The summed E-state index contributed by atoms with van der Waals surface area (Å²) >= 11 is 0. The molecule has 1 rings (SSSR count). The summed E-state index contributed by atoms with van der Waals surface area (Å²) in [6.45, 7) is 1.66. The summed E-state index contributed by atoms with van der Waals surface area (Å²) in [4.78, 5) is 20.7. The molecule has 0 atom stereocenters. The lowest BCUT2D eigenvalue weighted by molar-refractivity contribution is -0.479. The smallest absolute Gasteiger partial charge is 0.307 e. The Balaban J connectivity index is 3.01. The van der Waals surface area contributed by atoms with Crippen LogP contribution in [0, 0.1) is 17.0 Å². The number of nitro groups is 1. The van der Waals surface area contributed by atoms with Gasteiger partial charge in [-0.3, -0.25) is 14.9 Å². The highest BCUT2D eigenvalue weighted by atomic mass is 16.6. The molecule has 0 saturated carbocycles. The second-order valence-corrected chi connectivity index (χ2v) is 3.97. The van der Waals surface area contributed by atoms with Gasteiger partial charge in [0.05, 0.1) is 13.5 Å². The number of aryl methyl sites for hydroxylation is 1. The monoisotopic (exact) mass is 253 g/mol. The molecular formula is C12H15NO5. The third-order valence-corrected chi connectivity index (χ3v) is 2.64. The van der Waals surface area contributed by atoms with Crippen molar-refractivity contribution in [1.29, 1.82) is 0 Å². The van der Waals surface area contributed by atoms with E-state index in [0.29, 0.717) is 17.7 Å². The average Bonchev–Trinajstić information content (AvgIpc) is 2.27. The highest BCUT2D eigenvalue weighted by Crippen LogP contribution is 2.24. The Bertz CT molecular complexity index is 470. The first-order valence-corrected chi connectivity index (χ1v) is 5.44. The molecule has 0 saturated heterocycles. The number of nitrogens with zero attached hydrogens (tertiary/aromatic N) is 1. The van der Waals surface area contributed by atoms with Gasteiger partial charge in [0.15, 0.2) is 0 Å². The number of hydrogen-bond acceptors (Lipinski definition) is 4. The number of carboxylic acid groups (broad SMARTS) is 1. The van der Waals surface area contributed by atoms with Crippen LogP contribution in [0.1, 0.15) is 16.7 Å². The van der Waals surface area contributed by atoms with Gasteiger partial charge in [0.25, 0.3) is 0 Å². The van der Waals surface area contributed by atoms with Crippen LogP contribution < -0.4 is 4.74 Å². The Labute approximate surface area is 104 Å². The van der Waals surface area contributed by atoms with Crippen LogP contribution in [0.2, 0.25) is 0 Å². The number of methoxy groups -OCH3 is 1. The van der Waals surface area contributed by atoms with Crippen molar-refractivity contribution in [2.45, 2.75) is 19.8 Å². The highest BCUT2D eigenvalue weighted by molar-refractivity contribution is 5.71. The molecule has 0 spiro atoms. The number of hydrogen-bond donors (Lipinski definition) is 1. The number of carbonyl (C=O) groups is 1. The van der Waals surface area contributed by atoms with Crippen LogP contribution in [0.25, 0.3) is 0 Å². The lowest BCUT2D eigenvalue weighted by atomic mass is 10.00. The fourth-order valence-electron chi connectivity index (χ4n) is 1.76. The minimum Gasteiger partial charge on any atom is -0.496 e. The molecular weight excluding hydrogens is 238 g/mol. The van der Waals surface area contributed by atoms with Crippen molar-refractivity contribution in [2.24, 2.45) is 0 Å². The Morgan fingerprint density at radius 3 is 2.61 bits per heavy atom. The van der Waals surface area contributed by atoms with E-state index in [0.717, 1.165) is 11.1 Å². The lowest BCUT2D eigenvalue weighted by Gasteiger charge is -2.11. The summed E-state index contributed by atoms with van der Waals surface area (Å²) in [7, 11) is 1.45. The third kappa shape index (κ3) is 3.73. The van der Waals surface area contributed by atoms with Crippen LogP contribution in [0.4, 0.5) is 0 Å². The minimum atomic E-state index is -0.939. The number of carboxylic acids is 1. The predicted molar refractivity (Wildman–Crippen MR) is 64.6 cm³/mol. The van der Waals surface area contributed by atoms with Crippen LogP contribution >= 0.6 is 0 Å². The van der Waals surface area contributed by atoms with Crippen molar-refractivity contribution in [3.63, 3.8) is 0 Å². The van der Waals surface area contributed by atoms with Crippen LogP contribution in [-0.2, 0) is 17.6 Å². The first-order chi connectivity index (χ1) is 8.43. The summed E-state index contributed by atoms with van der Waals surface area (Å²) in [6, 6.07) is 3.39. The normalized spacial score (nSPS) is 10.1. The molecule has 0 aromatic heterocycles. The molecule has 0 aliphatic carbocycles. The molecule has 1 aromatic carbocycles. The molecule has 6 nitrogen and oxygen atoms in total. The molecule has 0 unspecified atom stereocenters. The van der Waals surface area contributed by atoms with Crippen LogP contribution in [-0.4, -0.2) is 29.7 Å². The Kier molecular flexibility index (Phi) is 4.65. The lowest BCUT2D eigenvalue weighted by Crippen LogP contribution is -2.07. The van der Waals surface area contributed by atoms with E-state index in [1.165, 1.54) is 7.11 Å². The van der Waals surface area contributed by atoms with Crippen LogP contribution in [0.5, 0.6) is 5.75 Å². The maximum absolute atomic E-state index is 10.7. The molecule has 0 bridgehead atoms. The van der Waals surface area contributed by atoms with Crippen molar-refractivity contribution < 1.29 is 19.6 Å². The van der Waals surface area contributed by atoms with Crippen molar-refractivity contribution in [1.82, 2.24) is 0 Å². The molecule has 0 aliphatic rings. The SMILES string of the molecule is COc1cc(CC[N+](=O)[O-])c(C)cc1CC(=O)O. The summed E-state index contributed by atoms with van der Waals surface area (Å²) < 4.78 is 5.12. The average molecular weight is 253 g/mol. The van der Waals surface area contributed by atoms with Crippen LogP contribution in [0.15, 0.2) is 12.1 Å². The highest BCUT2D eigenvalue weighted by Gasteiger charge is 2.12. The number of rotatable bonds is 6. The fourth-order valence-corrected chi connectivity index (χ4v) is 1.76. The molecule has 6 heteroatoms. The quantitative estimate of drug-likeness (QED) is 0.612. The van der Waals surface area contributed by atoms with Gasteiger partial charge in [-0.25, -0.2) is 0 Å². The van der Waals surface area contributed by atoms with Crippen molar-refractivity contribution in [3.8, 4) is 5.75 Å². The summed E-state index contributed by atoms with van der Waals surface area (Å²) in [5, 5.41) is 19.1. The standard InChI is InChI=1S/C12H15NO5/c1-8-5-10(7-12(14)15)11(18-2)6-9(8)3-4-13(16)17/h5-6H,3-4,7H2,1-2H3,(H,14,15). The number of ether oxygens (including phenoxy) is 1. The molecule has 1 N–H and O–H groups in total. The molecule has 18 heavy (non-hydrogen) atoms. The largest absolute Gasteiger partial charge is 0.496 e. The van der Waals surface area contributed by atoms with Crippen LogP contribution in [0.3, 0.4) is 0 Å². The summed E-state index contributed by atoms with van der Waals surface area (Å²) in [6.07, 6.45) is 0.183. The van der Waals surface area contributed by atoms with Crippen molar-refractivity contribution >= 4 is 5.97 Å². The molecule has 0 heterocycles. The molecule has 0 aliphatic heterocycles. The fraction of sp³-hybridized carbons (Fsp3) is 0.417. The topological polar surface area (TPSA) is 89.7 Å². The van der Waals surface area contributed by atoms with E-state index in [2.05, 4.69) is 0 Å². The molecule has 0 amide bonds. The summed E-state index contributed by atoms with van der Waals surface area (Å²) in [5.41, 5.74) is 2.22. The number of aliphatic carboxylic acids is 1. The van der Waals surface area contributed by atoms with E-state index in [1.54, 1.807) is 19.1 Å². The maximum atomic E-state index is 10.7. The van der Waals surface area contributed by atoms with E-state index in [4.69, 9.17) is 9.84 Å². The zero-order valence-electron chi connectivity index (χ0n) is 10.3. The second kappa shape index (κ2) is 6.00. The van der Waals surface area contributed by atoms with Gasteiger partial charge >= 0.3 is 5.97 Å². The Hall–Kier alpha value is -2.11. The van der Waals surface area contributed by atoms with Gasteiger partial charge in [-0.2, -0.15) is 0 Å². The van der Waals surface area contributed by atoms with E-state index in [9.17, 15) is 14.9 Å². The number of benzene rings is 1. The first kappa shape index (κ1) is 14.0. The van der Waals surface area contributed by atoms with E-state index >= 15 is 0 Å². The first-order valence-electron chi connectivity index (χ1n) is 5.44. The van der Waals surface area contributed by atoms with Gasteiger partial charge in [0.2, 0.25) is 6.54 Å². The van der Waals surface area contributed by atoms with Gasteiger partial charge in [0, 0.05) is 16.9 Å². The van der Waals surface area contributed by atoms with Gasteiger partial charge in [-0.1, -0.05) is 6.07 Å².